The SMILES string of the molecule is C(=N/Nc1nc(Nc2ccccc2)nc(N2CCCCC2)n1)/c1cccc(Oc2ccccc2)c1. The molecule has 8 heteroatoms. The van der Waals surface area contributed by atoms with Gasteiger partial charge in [-0.15, -0.1) is 0 Å². The highest BCUT2D eigenvalue weighted by molar-refractivity contribution is 5.80. The first-order valence-corrected chi connectivity index (χ1v) is 11.8. The maximum Gasteiger partial charge on any atom is 0.250 e. The predicted molar refractivity (Wildman–Crippen MR) is 140 cm³/mol. The normalized spacial score (nSPS) is 13.5. The third-order valence-electron chi connectivity index (χ3n) is 5.51. The average molecular weight is 466 g/mol. The summed E-state index contributed by atoms with van der Waals surface area (Å²) in [6.45, 7) is 1.87. The standard InChI is InChI=1S/C27H27N7O/c1-4-12-22(13-5-1)29-25-30-26(32-27(31-25)34-17-8-3-9-18-34)33-28-20-21-11-10-16-24(19-21)35-23-14-6-2-7-15-23/h1-2,4-7,10-16,19-20H,3,8-9,17-18H2,(H2,29,30,31,32,33)/b28-20-. The Morgan fingerprint density at radius 2 is 1.46 bits per heavy atom. The van der Waals surface area contributed by atoms with Gasteiger partial charge in [-0.1, -0.05) is 48.5 Å². The lowest BCUT2D eigenvalue weighted by molar-refractivity contribution is 0.482. The molecule has 0 bridgehead atoms. The van der Waals surface area contributed by atoms with Crippen molar-refractivity contribution in [2.45, 2.75) is 19.3 Å². The number of piperidine rings is 1. The highest BCUT2D eigenvalue weighted by atomic mass is 16.5. The Kier molecular flexibility index (Phi) is 7.09. The third-order valence-corrected chi connectivity index (χ3v) is 5.51. The molecule has 4 aromatic rings. The zero-order valence-electron chi connectivity index (χ0n) is 19.3. The largest absolute Gasteiger partial charge is 0.457 e. The number of aromatic nitrogens is 3. The minimum atomic E-state index is 0.381. The molecule has 0 saturated carbocycles. The number of benzene rings is 3. The maximum atomic E-state index is 5.91. The summed E-state index contributed by atoms with van der Waals surface area (Å²) in [5.74, 6) is 3.03. The summed E-state index contributed by atoms with van der Waals surface area (Å²) >= 11 is 0. The van der Waals surface area contributed by atoms with Gasteiger partial charge >= 0.3 is 0 Å². The van der Waals surface area contributed by atoms with Crippen LogP contribution in [0.25, 0.3) is 0 Å². The maximum absolute atomic E-state index is 5.91. The van der Waals surface area contributed by atoms with E-state index in [-0.39, 0.29) is 0 Å². The molecule has 8 nitrogen and oxygen atoms in total. The summed E-state index contributed by atoms with van der Waals surface area (Å²) in [7, 11) is 0. The number of hydrogen-bond donors (Lipinski definition) is 2. The van der Waals surface area contributed by atoms with Crippen LogP contribution in [0.15, 0.2) is 90.0 Å². The van der Waals surface area contributed by atoms with Crippen LogP contribution >= 0.6 is 0 Å². The van der Waals surface area contributed by atoms with E-state index in [0.717, 1.165) is 48.7 Å². The van der Waals surface area contributed by atoms with Gasteiger partial charge in [-0.25, -0.2) is 5.43 Å². The fourth-order valence-corrected chi connectivity index (χ4v) is 3.80. The van der Waals surface area contributed by atoms with Gasteiger partial charge in [-0.2, -0.15) is 20.1 Å². The van der Waals surface area contributed by atoms with E-state index in [4.69, 9.17) is 4.74 Å². The molecule has 1 aromatic heterocycles. The summed E-state index contributed by atoms with van der Waals surface area (Å²) in [5, 5.41) is 7.63. The molecule has 176 valence electrons. The number of nitrogens with zero attached hydrogens (tertiary/aromatic N) is 5. The Bertz CT molecular complexity index is 1260. The number of hydrogen-bond acceptors (Lipinski definition) is 8. The molecule has 0 atom stereocenters. The summed E-state index contributed by atoms with van der Waals surface area (Å²) < 4.78 is 5.91. The predicted octanol–water partition coefficient (Wildman–Crippen LogP) is 5.84. The molecule has 5 rings (SSSR count). The highest BCUT2D eigenvalue weighted by Gasteiger charge is 2.16. The zero-order chi connectivity index (χ0) is 23.7. The van der Waals surface area contributed by atoms with Crippen LogP contribution in [-0.2, 0) is 0 Å². The lowest BCUT2D eigenvalue weighted by Gasteiger charge is -2.26. The van der Waals surface area contributed by atoms with Gasteiger partial charge < -0.3 is 15.0 Å². The van der Waals surface area contributed by atoms with Crippen molar-refractivity contribution in [1.29, 1.82) is 0 Å². The van der Waals surface area contributed by atoms with Crippen molar-refractivity contribution in [3.63, 3.8) is 0 Å². The second-order valence-electron chi connectivity index (χ2n) is 8.18. The van der Waals surface area contributed by atoms with E-state index in [1.54, 1.807) is 6.21 Å². The van der Waals surface area contributed by atoms with Gasteiger partial charge in [0.2, 0.25) is 17.8 Å². The zero-order valence-corrected chi connectivity index (χ0v) is 19.3. The molecular formula is C27H27N7O. The average Bonchev–Trinajstić information content (AvgIpc) is 2.91. The highest BCUT2D eigenvalue weighted by Crippen LogP contribution is 2.22. The number of anilines is 4. The second-order valence-corrected chi connectivity index (χ2v) is 8.18. The molecule has 2 N–H and O–H groups in total. The monoisotopic (exact) mass is 465 g/mol. The van der Waals surface area contributed by atoms with Crippen molar-refractivity contribution in [2.75, 3.05) is 28.7 Å². The second kappa shape index (κ2) is 11.1. The van der Waals surface area contributed by atoms with Gasteiger partial charge in [-0.3, -0.25) is 0 Å². The number of rotatable bonds is 8. The molecule has 2 heterocycles. The quantitative estimate of drug-likeness (QED) is 0.249. The van der Waals surface area contributed by atoms with Crippen molar-refractivity contribution in [2.24, 2.45) is 5.10 Å². The van der Waals surface area contributed by atoms with Gasteiger partial charge in [0.05, 0.1) is 6.21 Å². The molecule has 0 radical (unpaired) electrons. The van der Waals surface area contributed by atoms with Crippen LogP contribution < -0.4 is 20.4 Å². The van der Waals surface area contributed by atoms with Gasteiger partial charge in [0.1, 0.15) is 11.5 Å². The van der Waals surface area contributed by atoms with E-state index in [1.165, 1.54) is 6.42 Å². The minimum absolute atomic E-state index is 0.381. The first-order chi connectivity index (χ1) is 17.3. The summed E-state index contributed by atoms with van der Waals surface area (Å²) in [4.78, 5) is 16.0. The fourth-order valence-electron chi connectivity index (χ4n) is 3.80. The van der Waals surface area contributed by atoms with Crippen LogP contribution in [0.5, 0.6) is 11.5 Å². The van der Waals surface area contributed by atoms with Gasteiger partial charge in [-0.05, 0) is 61.2 Å². The number of ether oxygens (including phenoxy) is 1. The molecule has 0 amide bonds. The summed E-state index contributed by atoms with van der Waals surface area (Å²) in [6.07, 6.45) is 5.22. The van der Waals surface area contributed by atoms with Crippen LogP contribution in [-0.4, -0.2) is 34.3 Å². The van der Waals surface area contributed by atoms with E-state index in [9.17, 15) is 0 Å². The lowest BCUT2D eigenvalue weighted by Crippen LogP contribution is -2.31. The smallest absolute Gasteiger partial charge is 0.250 e. The van der Waals surface area contributed by atoms with E-state index < -0.39 is 0 Å². The van der Waals surface area contributed by atoms with Crippen LogP contribution in [0.3, 0.4) is 0 Å². The molecule has 0 unspecified atom stereocenters. The Hall–Kier alpha value is -4.46. The van der Waals surface area contributed by atoms with E-state index in [0.29, 0.717) is 17.8 Å². The van der Waals surface area contributed by atoms with Crippen molar-refractivity contribution in [3.8, 4) is 11.5 Å². The van der Waals surface area contributed by atoms with Gasteiger partial charge in [0.25, 0.3) is 0 Å². The molecule has 1 aliphatic rings. The van der Waals surface area contributed by atoms with Gasteiger partial charge in [0, 0.05) is 18.8 Å². The lowest BCUT2D eigenvalue weighted by atomic mass is 10.1. The summed E-state index contributed by atoms with van der Waals surface area (Å²) in [5.41, 5.74) is 4.77. The number of hydrazone groups is 1. The third kappa shape index (κ3) is 6.32. The first kappa shape index (κ1) is 22.3. The Labute approximate surface area is 204 Å². The van der Waals surface area contributed by atoms with Gasteiger partial charge in [0.15, 0.2) is 0 Å². The molecule has 1 aliphatic heterocycles. The molecule has 1 fully saturated rings. The van der Waals surface area contributed by atoms with Crippen LogP contribution in [0.2, 0.25) is 0 Å². The molecule has 3 aromatic carbocycles. The van der Waals surface area contributed by atoms with E-state index in [2.05, 4.69) is 35.7 Å². The number of para-hydroxylation sites is 2. The molecule has 0 spiro atoms. The Balaban J connectivity index is 1.32. The molecule has 35 heavy (non-hydrogen) atoms. The van der Waals surface area contributed by atoms with Crippen molar-refractivity contribution in [3.05, 3.63) is 90.5 Å². The van der Waals surface area contributed by atoms with Crippen molar-refractivity contribution < 1.29 is 4.74 Å². The number of nitrogens with one attached hydrogen (secondary N) is 2. The van der Waals surface area contributed by atoms with Crippen molar-refractivity contribution >= 4 is 29.7 Å². The van der Waals surface area contributed by atoms with Crippen molar-refractivity contribution in [1.82, 2.24) is 15.0 Å². The molecule has 0 aliphatic carbocycles. The summed E-state index contributed by atoms with van der Waals surface area (Å²) in [6, 6.07) is 27.3. The molecular weight excluding hydrogens is 438 g/mol. The fraction of sp³-hybridized carbons (Fsp3) is 0.185. The topological polar surface area (TPSA) is 87.6 Å². The Morgan fingerprint density at radius 1 is 0.743 bits per heavy atom. The van der Waals surface area contributed by atoms with E-state index >= 15 is 0 Å². The van der Waals surface area contributed by atoms with Crippen LogP contribution in [0.1, 0.15) is 24.8 Å². The Morgan fingerprint density at radius 3 is 2.26 bits per heavy atom. The minimum Gasteiger partial charge on any atom is -0.457 e. The molecule has 1 saturated heterocycles. The van der Waals surface area contributed by atoms with Crippen LogP contribution in [0.4, 0.5) is 23.5 Å². The van der Waals surface area contributed by atoms with Crippen LogP contribution in [0, 0.1) is 0 Å². The first-order valence-electron chi connectivity index (χ1n) is 11.8. The van der Waals surface area contributed by atoms with E-state index in [1.807, 2.05) is 84.9 Å².